The van der Waals surface area contributed by atoms with Gasteiger partial charge < -0.3 is 4.42 Å². The van der Waals surface area contributed by atoms with Crippen LogP contribution in [-0.2, 0) is 6.54 Å². The van der Waals surface area contributed by atoms with Crippen LogP contribution in [0, 0.1) is 0 Å². The Morgan fingerprint density at radius 1 is 0.824 bits per heavy atom. The molecule has 1 N–H and O–H groups in total. The largest absolute Gasteiger partial charge is 0.467 e. The summed E-state index contributed by atoms with van der Waals surface area (Å²) >= 11 is 12.9. The highest BCUT2D eigenvalue weighted by Gasteiger charge is 2.27. The lowest BCUT2D eigenvalue weighted by molar-refractivity contribution is 0.447. The molecule has 0 aliphatic rings. The van der Waals surface area contributed by atoms with Crippen LogP contribution in [0.5, 0.6) is 0 Å². The summed E-state index contributed by atoms with van der Waals surface area (Å²) in [5.41, 5.74) is 2.98. The van der Waals surface area contributed by atoms with Crippen LogP contribution < -0.4 is 5.32 Å². The highest BCUT2D eigenvalue weighted by Crippen LogP contribution is 2.34. The summed E-state index contributed by atoms with van der Waals surface area (Å²) < 4.78 is 7.27. The second-order valence-corrected chi connectivity index (χ2v) is 8.64. The molecule has 0 aliphatic carbocycles. The molecular weight excluding hydrogens is 469 g/mol. The van der Waals surface area contributed by atoms with Crippen LogP contribution in [0.25, 0.3) is 0 Å². The van der Waals surface area contributed by atoms with E-state index in [1.807, 2.05) is 60.7 Å². The van der Waals surface area contributed by atoms with Crippen molar-refractivity contribution in [2.45, 2.75) is 18.6 Å². The number of furan rings is 1. The molecule has 0 amide bonds. The molecule has 0 radical (unpaired) electrons. The quantitative estimate of drug-likeness (QED) is 0.285. The smallest absolute Gasteiger partial charge is 0.173 e. The molecule has 0 spiro atoms. The molecule has 2 heterocycles. The molecule has 3 aromatic carbocycles. The second-order valence-electron chi connectivity index (χ2n) is 7.79. The number of halogens is 2. The van der Waals surface area contributed by atoms with E-state index in [-0.39, 0.29) is 12.1 Å². The third-order valence-corrected chi connectivity index (χ3v) is 6.14. The number of nitrogens with zero attached hydrogens (tertiary/aromatic N) is 4. The van der Waals surface area contributed by atoms with Crippen molar-refractivity contribution in [3.63, 3.8) is 0 Å². The molecule has 170 valence electrons. The maximum absolute atomic E-state index is 6.67. The first-order chi connectivity index (χ1) is 16.7. The van der Waals surface area contributed by atoms with Crippen LogP contribution >= 0.6 is 23.2 Å². The molecule has 5 rings (SSSR count). The fraction of sp³-hybridized carbons (Fsp3) is 0.115. The minimum absolute atomic E-state index is 0.245. The summed E-state index contributed by atoms with van der Waals surface area (Å²) in [6.45, 7) is 0.415. The van der Waals surface area contributed by atoms with E-state index in [1.165, 1.54) is 0 Å². The number of hydrogen-bond acceptors (Lipinski definition) is 5. The van der Waals surface area contributed by atoms with Crippen molar-refractivity contribution in [1.29, 1.82) is 0 Å². The lowest BCUT2D eigenvalue weighted by Crippen LogP contribution is -2.31. The van der Waals surface area contributed by atoms with E-state index in [9.17, 15) is 0 Å². The topological polar surface area (TPSA) is 68.8 Å². The minimum Gasteiger partial charge on any atom is -0.467 e. The number of tetrazole rings is 1. The van der Waals surface area contributed by atoms with Crippen molar-refractivity contribution in [2.24, 2.45) is 0 Å². The second kappa shape index (κ2) is 10.2. The summed E-state index contributed by atoms with van der Waals surface area (Å²) in [7, 11) is 0. The van der Waals surface area contributed by atoms with E-state index in [0.717, 1.165) is 22.5 Å². The molecule has 6 nitrogen and oxygen atoms in total. The van der Waals surface area contributed by atoms with Crippen LogP contribution in [0.1, 0.15) is 40.4 Å². The Labute approximate surface area is 207 Å². The van der Waals surface area contributed by atoms with Crippen molar-refractivity contribution in [2.75, 3.05) is 0 Å². The Kier molecular flexibility index (Phi) is 6.72. The molecule has 0 saturated heterocycles. The molecule has 34 heavy (non-hydrogen) atoms. The third kappa shape index (κ3) is 4.89. The first-order valence-corrected chi connectivity index (χ1v) is 11.5. The zero-order chi connectivity index (χ0) is 23.3. The van der Waals surface area contributed by atoms with Gasteiger partial charge in [-0.3, -0.25) is 5.32 Å². The molecule has 2 unspecified atom stereocenters. The van der Waals surface area contributed by atoms with E-state index >= 15 is 0 Å². The summed E-state index contributed by atoms with van der Waals surface area (Å²) in [5, 5.41) is 17.5. The third-order valence-electron chi connectivity index (χ3n) is 5.58. The number of aromatic nitrogens is 4. The lowest BCUT2D eigenvalue weighted by Gasteiger charge is -2.27. The van der Waals surface area contributed by atoms with Gasteiger partial charge in [-0.2, -0.15) is 0 Å². The van der Waals surface area contributed by atoms with Gasteiger partial charge in [0.05, 0.1) is 18.3 Å². The molecule has 8 heteroatoms. The van der Waals surface area contributed by atoms with E-state index in [1.54, 1.807) is 17.0 Å². The van der Waals surface area contributed by atoms with Crippen molar-refractivity contribution in [3.8, 4) is 0 Å². The normalized spacial score (nSPS) is 13.0. The number of hydrogen-bond donors (Lipinski definition) is 1. The number of benzene rings is 3. The maximum atomic E-state index is 6.67. The van der Waals surface area contributed by atoms with E-state index in [0.29, 0.717) is 22.4 Å². The van der Waals surface area contributed by atoms with Crippen molar-refractivity contribution >= 4 is 23.2 Å². The fourth-order valence-electron chi connectivity index (χ4n) is 3.96. The van der Waals surface area contributed by atoms with Crippen molar-refractivity contribution in [1.82, 2.24) is 25.5 Å². The molecule has 0 saturated carbocycles. The summed E-state index contributed by atoms with van der Waals surface area (Å²) in [5.74, 6) is 1.43. The number of rotatable bonds is 8. The van der Waals surface area contributed by atoms with Crippen molar-refractivity contribution < 1.29 is 4.42 Å². The summed E-state index contributed by atoms with van der Waals surface area (Å²) in [4.78, 5) is 0. The zero-order valence-corrected chi connectivity index (χ0v) is 19.6. The highest BCUT2D eigenvalue weighted by molar-refractivity contribution is 6.35. The van der Waals surface area contributed by atoms with Crippen LogP contribution in [0.3, 0.4) is 0 Å². The van der Waals surface area contributed by atoms with Gasteiger partial charge in [0.2, 0.25) is 0 Å². The highest BCUT2D eigenvalue weighted by atomic mass is 35.5. The van der Waals surface area contributed by atoms with E-state index in [4.69, 9.17) is 27.6 Å². The van der Waals surface area contributed by atoms with Gasteiger partial charge in [-0.1, -0.05) is 89.9 Å². The van der Waals surface area contributed by atoms with Crippen molar-refractivity contribution in [3.05, 3.63) is 136 Å². The van der Waals surface area contributed by atoms with Crippen LogP contribution in [0.2, 0.25) is 10.0 Å². The Bertz CT molecular complexity index is 1340. The average Bonchev–Trinajstić information content (AvgIpc) is 3.54. The molecule has 0 fully saturated rings. The minimum atomic E-state index is -0.330. The lowest BCUT2D eigenvalue weighted by atomic mass is 9.96. The molecule has 0 bridgehead atoms. The number of nitrogens with one attached hydrogen (secondary N) is 1. The van der Waals surface area contributed by atoms with Gasteiger partial charge in [-0.05, 0) is 51.4 Å². The van der Waals surface area contributed by atoms with Crippen LogP contribution in [0.4, 0.5) is 0 Å². The Balaban J connectivity index is 1.59. The van der Waals surface area contributed by atoms with Gasteiger partial charge in [-0.15, -0.1) is 5.10 Å². The average molecular weight is 490 g/mol. The molecule has 0 aliphatic heterocycles. The van der Waals surface area contributed by atoms with Gasteiger partial charge in [0.1, 0.15) is 12.3 Å². The van der Waals surface area contributed by atoms with Gasteiger partial charge in [0.25, 0.3) is 0 Å². The van der Waals surface area contributed by atoms with Gasteiger partial charge in [0.15, 0.2) is 5.82 Å². The summed E-state index contributed by atoms with van der Waals surface area (Å²) in [6, 6.07) is 28.9. The molecule has 2 aromatic heterocycles. The van der Waals surface area contributed by atoms with E-state index < -0.39 is 0 Å². The first kappa shape index (κ1) is 22.3. The SMILES string of the molecule is Clc1ccc(C(NC(c2ccccc2)c2nnnn2Cc2ccco2)c2ccccc2)c(Cl)c1. The van der Waals surface area contributed by atoms with Crippen LogP contribution in [-0.4, -0.2) is 20.2 Å². The Hall–Kier alpha value is -3.45. The monoisotopic (exact) mass is 489 g/mol. The maximum Gasteiger partial charge on any atom is 0.173 e. The Morgan fingerprint density at radius 3 is 2.18 bits per heavy atom. The van der Waals surface area contributed by atoms with Gasteiger partial charge in [0, 0.05) is 10.0 Å². The first-order valence-electron chi connectivity index (χ1n) is 10.8. The zero-order valence-electron chi connectivity index (χ0n) is 18.1. The molecule has 2 atom stereocenters. The molecule has 5 aromatic rings. The fourth-order valence-corrected chi connectivity index (χ4v) is 4.48. The van der Waals surface area contributed by atoms with Crippen LogP contribution in [0.15, 0.2) is 102 Å². The summed E-state index contributed by atoms with van der Waals surface area (Å²) in [6.07, 6.45) is 1.64. The van der Waals surface area contributed by atoms with E-state index in [2.05, 4.69) is 45.1 Å². The predicted molar refractivity (Wildman–Crippen MR) is 132 cm³/mol. The predicted octanol–water partition coefficient (Wildman–Crippen LogP) is 6.09. The molecular formula is C26H21Cl2N5O. The standard InChI is InChI=1S/C26H21Cl2N5O/c27-20-13-14-22(23(28)16-20)24(18-8-3-1-4-9-18)29-25(19-10-5-2-6-11-19)26-30-31-32-33(26)17-21-12-7-15-34-21/h1-16,24-25,29H,17H2. The van der Waals surface area contributed by atoms with Gasteiger partial charge >= 0.3 is 0 Å². The van der Waals surface area contributed by atoms with Gasteiger partial charge in [-0.25, -0.2) is 4.68 Å². The Morgan fingerprint density at radius 2 is 1.53 bits per heavy atom.